The Labute approximate surface area is 149 Å². The van der Waals surface area contributed by atoms with Gasteiger partial charge in [-0.25, -0.2) is 9.59 Å². The molecule has 2 rings (SSSR count). The Hall–Kier alpha value is -2.14. The molecule has 0 bridgehead atoms. The first-order valence-corrected chi connectivity index (χ1v) is 8.74. The van der Waals surface area contributed by atoms with Crippen molar-refractivity contribution in [2.75, 3.05) is 26.8 Å². The minimum Gasteiger partial charge on any atom is -0.464 e. The molecule has 0 amide bonds. The standard InChI is InChI=1S/C20H27NO4/c1-5-24-18(22)20(19(23)25-6-2)17(16-10-8-7-9-11-16)14-15(3)12-13-21(20)4/h7-12,17H,5-6,13-14H2,1-4H3. The summed E-state index contributed by atoms with van der Waals surface area (Å²) in [5, 5.41) is 0. The fourth-order valence-corrected chi connectivity index (χ4v) is 3.46. The molecule has 0 saturated heterocycles. The minimum absolute atomic E-state index is 0.210. The van der Waals surface area contributed by atoms with Crippen LogP contribution in [-0.2, 0) is 19.1 Å². The number of hydrogen-bond acceptors (Lipinski definition) is 5. The summed E-state index contributed by atoms with van der Waals surface area (Å²) in [6, 6.07) is 9.65. The van der Waals surface area contributed by atoms with Crippen LogP contribution in [0.4, 0.5) is 0 Å². The molecule has 0 N–H and O–H groups in total. The van der Waals surface area contributed by atoms with E-state index in [0.29, 0.717) is 13.0 Å². The second kappa shape index (κ2) is 8.30. The highest BCUT2D eigenvalue weighted by Crippen LogP contribution is 2.41. The summed E-state index contributed by atoms with van der Waals surface area (Å²) in [4.78, 5) is 28.0. The molecule has 0 radical (unpaired) electrons. The van der Waals surface area contributed by atoms with Crippen LogP contribution in [0.3, 0.4) is 0 Å². The largest absolute Gasteiger partial charge is 0.464 e. The van der Waals surface area contributed by atoms with Crippen molar-refractivity contribution in [2.24, 2.45) is 0 Å². The van der Waals surface area contributed by atoms with Gasteiger partial charge in [-0.3, -0.25) is 4.90 Å². The zero-order valence-electron chi connectivity index (χ0n) is 15.5. The summed E-state index contributed by atoms with van der Waals surface area (Å²) in [5.74, 6) is -1.48. The zero-order valence-corrected chi connectivity index (χ0v) is 15.5. The molecule has 1 aliphatic rings. The summed E-state index contributed by atoms with van der Waals surface area (Å²) in [7, 11) is 1.78. The van der Waals surface area contributed by atoms with Crippen molar-refractivity contribution < 1.29 is 19.1 Å². The van der Waals surface area contributed by atoms with Crippen LogP contribution in [-0.4, -0.2) is 49.2 Å². The molecule has 25 heavy (non-hydrogen) atoms. The van der Waals surface area contributed by atoms with E-state index < -0.39 is 17.5 Å². The van der Waals surface area contributed by atoms with E-state index in [9.17, 15) is 9.59 Å². The maximum Gasteiger partial charge on any atom is 0.338 e. The van der Waals surface area contributed by atoms with Crippen LogP contribution < -0.4 is 0 Å². The first-order valence-electron chi connectivity index (χ1n) is 8.74. The molecule has 5 heteroatoms. The van der Waals surface area contributed by atoms with Crippen molar-refractivity contribution in [3.05, 3.63) is 47.5 Å². The lowest BCUT2D eigenvalue weighted by Gasteiger charge is -2.41. The lowest BCUT2D eigenvalue weighted by molar-refractivity contribution is -0.175. The normalized spacial score (nSPS) is 20.3. The zero-order chi connectivity index (χ0) is 18.4. The lowest BCUT2D eigenvalue weighted by atomic mass is 9.75. The minimum atomic E-state index is -1.50. The number of carbonyl (C=O) groups is 2. The SMILES string of the molecule is CCOC(=O)C1(C(=O)OCC)C(c2ccccc2)CC(C)=CCN1C. The first kappa shape index (κ1) is 19.2. The molecule has 0 saturated carbocycles. The average Bonchev–Trinajstić information content (AvgIpc) is 2.73. The van der Waals surface area contributed by atoms with Crippen molar-refractivity contribution in [1.82, 2.24) is 4.90 Å². The molecule has 0 spiro atoms. The second-order valence-corrected chi connectivity index (χ2v) is 6.31. The van der Waals surface area contributed by atoms with Crippen LogP contribution >= 0.6 is 0 Å². The maximum absolute atomic E-state index is 13.1. The van der Waals surface area contributed by atoms with Gasteiger partial charge in [0.1, 0.15) is 0 Å². The smallest absolute Gasteiger partial charge is 0.338 e. The number of hydrogen-bond donors (Lipinski definition) is 0. The van der Waals surface area contributed by atoms with E-state index in [4.69, 9.17) is 9.47 Å². The monoisotopic (exact) mass is 345 g/mol. The van der Waals surface area contributed by atoms with Gasteiger partial charge in [-0.1, -0.05) is 42.0 Å². The summed E-state index contributed by atoms with van der Waals surface area (Å²) >= 11 is 0. The number of benzene rings is 1. The van der Waals surface area contributed by atoms with Crippen molar-refractivity contribution in [1.29, 1.82) is 0 Å². The van der Waals surface area contributed by atoms with E-state index in [1.165, 1.54) is 0 Å². The van der Waals surface area contributed by atoms with E-state index in [1.54, 1.807) is 25.8 Å². The Kier molecular flexibility index (Phi) is 6.37. The van der Waals surface area contributed by atoms with Gasteiger partial charge < -0.3 is 9.47 Å². The van der Waals surface area contributed by atoms with Crippen LogP contribution in [0.2, 0.25) is 0 Å². The number of allylic oxidation sites excluding steroid dienone is 1. The summed E-state index contributed by atoms with van der Waals surface area (Å²) < 4.78 is 10.7. The molecule has 1 atom stereocenters. The van der Waals surface area contributed by atoms with Gasteiger partial charge in [0, 0.05) is 12.5 Å². The number of likely N-dealkylation sites (N-methyl/N-ethyl adjacent to an activating group) is 1. The topological polar surface area (TPSA) is 55.8 Å². The number of ether oxygens (including phenoxy) is 2. The first-order chi connectivity index (χ1) is 12.0. The average molecular weight is 345 g/mol. The van der Waals surface area contributed by atoms with Gasteiger partial charge in [-0.15, -0.1) is 0 Å². The van der Waals surface area contributed by atoms with Crippen molar-refractivity contribution in [2.45, 2.75) is 38.6 Å². The summed E-state index contributed by atoms with van der Waals surface area (Å²) in [5.41, 5.74) is 0.558. The van der Waals surface area contributed by atoms with Crippen molar-refractivity contribution >= 4 is 11.9 Å². The van der Waals surface area contributed by atoms with Crippen LogP contribution in [0.1, 0.15) is 38.7 Å². The third-order valence-electron chi connectivity index (χ3n) is 4.72. The predicted molar refractivity (Wildman–Crippen MR) is 96.2 cm³/mol. The number of nitrogens with zero attached hydrogens (tertiary/aromatic N) is 1. The predicted octanol–water partition coefficient (Wildman–Crippen LogP) is 2.92. The Balaban J connectivity index is 2.66. The third kappa shape index (κ3) is 3.61. The lowest BCUT2D eigenvalue weighted by Crippen LogP contribution is -2.63. The van der Waals surface area contributed by atoms with Gasteiger partial charge in [-0.2, -0.15) is 0 Å². The third-order valence-corrected chi connectivity index (χ3v) is 4.72. The molecule has 1 heterocycles. The molecular weight excluding hydrogens is 318 g/mol. The Morgan fingerprint density at radius 2 is 1.68 bits per heavy atom. The molecule has 0 aromatic heterocycles. The molecule has 136 valence electrons. The quantitative estimate of drug-likeness (QED) is 0.467. The molecule has 1 unspecified atom stereocenters. The molecule has 5 nitrogen and oxygen atoms in total. The van der Waals surface area contributed by atoms with E-state index in [-0.39, 0.29) is 19.1 Å². The van der Waals surface area contributed by atoms with Gasteiger partial charge in [0.05, 0.1) is 13.2 Å². The van der Waals surface area contributed by atoms with E-state index >= 15 is 0 Å². The Bertz CT molecular complexity index is 620. The molecule has 1 aromatic rings. The molecule has 1 aromatic carbocycles. The van der Waals surface area contributed by atoms with E-state index in [2.05, 4.69) is 6.08 Å². The van der Waals surface area contributed by atoms with Gasteiger partial charge in [0.25, 0.3) is 0 Å². The van der Waals surface area contributed by atoms with Crippen LogP contribution in [0.5, 0.6) is 0 Å². The number of carbonyl (C=O) groups excluding carboxylic acids is 2. The highest BCUT2D eigenvalue weighted by Gasteiger charge is 2.58. The highest BCUT2D eigenvalue weighted by atomic mass is 16.6. The fourth-order valence-electron chi connectivity index (χ4n) is 3.46. The maximum atomic E-state index is 13.1. The van der Waals surface area contributed by atoms with Crippen molar-refractivity contribution in [3.63, 3.8) is 0 Å². The summed E-state index contributed by atoms with van der Waals surface area (Å²) in [6.07, 6.45) is 2.64. The number of esters is 2. The highest BCUT2D eigenvalue weighted by molar-refractivity contribution is 6.06. The molecular formula is C20H27NO4. The number of rotatable bonds is 5. The van der Waals surface area contributed by atoms with Gasteiger partial charge in [-0.05, 0) is 39.8 Å². The van der Waals surface area contributed by atoms with Crippen LogP contribution in [0.25, 0.3) is 0 Å². The fraction of sp³-hybridized carbons (Fsp3) is 0.500. The second-order valence-electron chi connectivity index (χ2n) is 6.31. The Morgan fingerprint density at radius 3 is 2.20 bits per heavy atom. The van der Waals surface area contributed by atoms with E-state index in [0.717, 1.165) is 11.1 Å². The van der Waals surface area contributed by atoms with E-state index in [1.807, 2.05) is 37.3 Å². The molecule has 1 aliphatic heterocycles. The van der Waals surface area contributed by atoms with Crippen molar-refractivity contribution in [3.8, 4) is 0 Å². The Morgan fingerprint density at radius 1 is 1.12 bits per heavy atom. The van der Waals surface area contributed by atoms with Crippen LogP contribution in [0.15, 0.2) is 42.0 Å². The van der Waals surface area contributed by atoms with Crippen LogP contribution in [0, 0.1) is 0 Å². The van der Waals surface area contributed by atoms with Gasteiger partial charge in [0.2, 0.25) is 5.54 Å². The van der Waals surface area contributed by atoms with Gasteiger partial charge >= 0.3 is 11.9 Å². The molecule has 0 fully saturated rings. The molecule has 0 aliphatic carbocycles. The summed E-state index contributed by atoms with van der Waals surface area (Å²) in [6.45, 7) is 6.41. The van der Waals surface area contributed by atoms with Gasteiger partial charge in [0.15, 0.2) is 0 Å².